The summed E-state index contributed by atoms with van der Waals surface area (Å²) in [6, 6.07) is -4.30. The number of carboxylic acid groups (broad SMARTS) is 1. The summed E-state index contributed by atoms with van der Waals surface area (Å²) in [6.07, 6.45) is -6.66. The number of nitrogens with zero attached hydrogens (tertiary/aromatic N) is 14. The van der Waals surface area contributed by atoms with Gasteiger partial charge in [-0.1, -0.05) is 34.2 Å². The maximum atomic E-state index is 13.3. The third-order valence-corrected chi connectivity index (χ3v) is 15.9. The highest BCUT2D eigenvalue weighted by Crippen LogP contribution is 2.26. The molecule has 13 N–H and O–H groups in total. The van der Waals surface area contributed by atoms with Crippen molar-refractivity contribution in [3.05, 3.63) is 47.6 Å². The van der Waals surface area contributed by atoms with Gasteiger partial charge in [-0.2, -0.15) is 0 Å². The molecule has 0 aromatic carbocycles. The van der Waals surface area contributed by atoms with Crippen LogP contribution in [0.25, 0.3) is 0 Å². The Hall–Kier alpha value is -6.36. The molecule has 0 bridgehead atoms. The molecule has 3 fully saturated rings. The van der Waals surface area contributed by atoms with Crippen molar-refractivity contribution < 1.29 is 113 Å². The number of carbonyl (C=O) groups is 4. The molecule has 0 unspecified atom stereocenters. The first kappa shape index (κ1) is 78.0. The summed E-state index contributed by atoms with van der Waals surface area (Å²) in [6.45, 7) is 7.38. The molecule has 3 amide bonds. The Morgan fingerprint density at radius 3 is 1.12 bits per heavy atom. The zero-order valence-corrected chi connectivity index (χ0v) is 54.8. The first-order valence-corrected chi connectivity index (χ1v) is 32.2. The van der Waals surface area contributed by atoms with Gasteiger partial charge in [0.05, 0.1) is 122 Å². The van der Waals surface area contributed by atoms with Crippen LogP contribution in [-0.2, 0) is 114 Å². The van der Waals surface area contributed by atoms with Crippen molar-refractivity contribution in [3.8, 4) is 0 Å². The van der Waals surface area contributed by atoms with E-state index in [1.54, 1.807) is 48.4 Å². The van der Waals surface area contributed by atoms with Crippen LogP contribution in [0.4, 0.5) is 0 Å². The Morgan fingerprint density at radius 2 is 0.814 bits per heavy atom. The van der Waals surface area contributed by atoms with Gasteiger partial charge in [0.1, 0.15) is 79.1 Å². The second kappa shape index (κ2) is 40.0. The van der Waals surface area contributed by atoms with Gasteiger partial charge in [0.15, 0.2) is 18.9 Å². The number of unbranched alkanes of at least 4 members (excludes halogenated alkanes) is 1. The Bertz CT molecular complexity index is 2860. The molecule has 40 heteroatoms. The number of rotatable bonds is 44. The summed E-state index contributed by atoms with van der Waals surface area (Å²) < 4.78 is 57.8. The minimum atomic E-state index is -1.46. The molecule has 3 aliphatic heterocycles. The lowest BCUT2D eigenvalue weighted by Gasteiger charge is -2.42. The number of ether oxygens (including phenoxy) is 9. The van der Waals surface area contributed by atoms with Crippen LogP contribution in [0.5, 0.6) is 0 Å². The third-order valence-electron chi connectivity index (χ3n) is 15.9. The number of hydrogen-bond acceptors (Lipinski definition) is 32. The number of carbonyl (C=O) groups excluding carboxylic acids is 3. The number of aromatic nitrogens is 12. The highest BCUT2D eigenvalue weighted by molar-refractivity contribution is 5.74. The Balaban J connectivity index is 0.941. The fourth-order valence-electron chi connectivity index (χ4n) is 11.1. The first-order chi connectivity index (χ1) is 46.7. The van der Waals surface area contributed by atoms with E-state index in [1.807, 2.05) is 6.92 Å². The van der Waals surface area contributed by atoms with Crippen molar-refractivity contribution in [2.24, 2.45) is 0 Å². The molecular formula is C57H95N17O23. The second-order valence-electron chi connectivity index (χ2n) is 23.6. The largest absolute Gasteiger partial charge is 0.480 e. The van der Waals surface area contributed by atoms with E-state index in [4.69, 9.17) is 42.6 Å². The third kappa shape index (κ3) is 24.2. The van der Waals surface area contributed by atoms with Gasteiger partial charge in [-0.05, 0) is 25.8 Å². The summed E-state index contributed by atoms with van der Waals surface area (Å²) in [5.41, 5.74) is 2.25. The van der Waals surface area contributed by atoms with Crippen molar-refractivity contribution in [2.45, 2.75) is 204 Å². The molecule has 7 heterocycles. The van der Waals surface area contributed by atoms with Crippen molar-refractivity contribution in [1.82, 2.24) is 85.7 Å². The van der Waals surface area contributed by atoms with E-state index in [-0.39, 0.29) is 85.5 Å². The molecule has 546 valence electrons. The SMILES string of the molecule is CCCn1cc(CN(Cc2cn(CCOCCO[C@@H]3O[C@H](CO)[C@H](O)[C@H](O)[C@H]3NC(C)=O)nn2)[C@@H](CCCCN(Cc2cn(CCOCCO[C@@H]3O[C@H](CO)[C@H](O)[C@H](O)[C@H]3NC(C)=O)nn2)Cc2cn(CCOCCO[C@@H]3O[C@H](CO)[C@H](O)[C@H](O)[C@H]3NC(C)=O)nn2)C(=O)O)nn1. The smallest absolute Gasteiger partial charge is 0.320 e. The number of hydrogen-bond donors (Lipinski definition) is 13. The fraction of sp³-hybridized carbons (Fsp3) is 0.789. The number of aliphatic carboxylic acids is 1. The maximum Gasteiger partial charge on any atom is 0.320 e. The average Bonchev–Trinajstić information content (AvgIpc) is 1.66. The monoisotopic (exact) mass is 1390 g/mol. The van der Waals surface area contributed by atoms with Gasteiger partial charge in [-0.3, -0.25) is 33.7 Å². The number of aliphatic hydroxyl groups excluding tert-OH is 9. The zero-order chi connectivity index (χ0) is 70.0. The predicted octanol–water partition coefficient (Wildman–Crippen LogP) is -7.28. The minimum Gasteiger partial charge on any atom is -0.480 e. The van der Waals surface area contributed by atoms with Crippen LogP contribution in [0, 0.1) is 0 Å². The van der Waals surface area contributed by atoms with E-state index >= 15 is 0 Å². The maximum absolute atomic E-state index is 13.3. The summed E-state index contributed by atoms with van der Waals surface area (Å²) in [4.78, 5) is 52.6. The molecular weight excluding hydrogens is 1290 g/mol. The molecule has 0 radical (unpaired) electrons. The topological polar surface area (TPSA) is 519 Å². The van der Waals surface area contributed by atoms with Crippen LogP contribution in [-0.4, -0.2) is 328 Å². The van der Waals surface area contributed by atoms with Gasteiger partial charge in [0, 0.05) is 78.3 Å². The number of nitrogens with one attached hydrogen (secondary N) is 3. The van der Waals surface area contributed by atoms with Crippen LogP contribution in [0.15, 0.2) is 24.8 Å². The Kier molecular flexibility index (Phi) is 32.2. The van der Waals surface area contributed by atoms with E-state index in [0.29, 0.717) is 74.9 Å². The normalized spacial score (nSPS) is 26.4. The molecule has 3 aliphatic rings. The highest BCUT2D eigenvalue weighted by Gasteiger charge is 2.48. The lowest BCUT2D eigenvalue weighted by atomic mass is 9.97. The molecule has 0 aliphatic carbocycles. The van der Waals surface area contributed by atoms with Crippen LogP contribution >= 0.6 is 0 Å². The van der Waals surface area contributed by atoms with Gasteiger partial charge in [-0.15, -0.1) is 20.4 Å². The Morgan fingerprint density at radius 1 is 0.485 bits per heavy atom. The van der Waals surface area contributed by atoms with Crippen LogP contribution < -0.4 is 16.0 Å². The van der Waals surface area contributed by atoms with Crippen molar-refractivity contribution in [2.75, 3.05) is 85.8 Å². The summed E-state index contributed by atoms with van der Waals surface area (Å²) in [7, 11) is 0. The van der Waals surface area contributed by atoms with Gasteiger partial charge in [0.25, 0.3) is 0 Å². The number of aryl methyl sites for hydroxylation is 1. The van der Waals surface area contributed by atoms with E-state index in [1.165, 1.54) is 20.8 Å². The molecule has 4 aromatic rings. The molecule has 40 nitrogen and oxygen atoms in total. The highest BCUT2D eigenvalue weighted by atomic mass is 16.7. The molecule has 4 aromatic heterocycles. The van der Waals surface area contributed by atoms with E-state index in [9.17, 15) is 70.2 Å². The summed E-state index contributed by atoms with van der Waals surface area (Å²) >= 11 is 0. The van der Waals surface area contributed by atoms with Gasteiger partial charge in [-0.25, -0.2) is 14.0 Å². The van der Waals surface area contributed by atoms with Crippen molar-refractivity contribution >= 4 is 23.7 Å². The number of aliphatic hydroxyl groups is 9. The van der Waals surface area contributed by atoms with E-state index in [2.05, 4.69) is 62.1 Å². The second-order valence-corrected chi connectivity index (χ2v) is 23.6. The Labute approximate surface area is 557 Å². The number of carboxylic acids is 1. The predicted molar refractivity (Wildman–Crippen MR) is 325 cm³/mol. The van der Waals surface area contributed by atoms with E-state index in [0.717, 1.165) is 6.42 Å². The molecule has 0 spiro atoms. The number of amides is 3. The van der Waals surface area contributed by atoms with Crippen molar-refractivity contribution in [3.63, 3.8) is 0 Å². The van der Waals surface area contributed by atoms with Gasteiger partial charge in [0.2, 0.25) is 17.7 Å². The van der Waals surface area contributed by atoms with E-state index < -0.39 is 141 Å². The lowest BCUT2D eigenvalue weighted by molar-refractivity contribution is -0.272. The van der Waals surface area contributed by atoms with Crippen LogP contribution in [0.1, 0.15) is 76.2 Å². The van der Waals surface area contributed by atoms with Gasteiger partial charge < -0.3 is 110 Å². The first-order valence-electron chi connectivity index (χ1n) is 32.2. The minimum absolute atomic E-state index is 0.0232. The zero-order valence-electron chi connectivity index (χ0n) is 54.8. The molecule has 16 atom stereocenters. The average molecular weight is 1390 g/mol. The van der Waals surface area contributed by atoms with Crippen LogP contribution in [0.3, 0.4) is 0 Å². The molecule has 3 saturated heterocycles. The summed E-state index contributed by atoms with van der Waals surface area (Å²) in [5, 5.41) is 145. The quantitative estimate of drug-likeness (QED) is 0.0183. The van der Waals surface area contributed by atoms with Crippen LogP contribution in [0.2, 0.25) is 0 Å². The molecule has 97 heavy (non-hydrogen) atoms. The lowest BCUT2D eigenvalue weighted by Crippen LogP contribution is -2.64. The molecule has 0 saturated carbocycles. The molecule has 7 rings (SSSR count). The fourth-order valence-corrected chi connectivity index (χ4v) is 11.1. The van der Waals surface area contributed by atoms with Crippen molar-refractivity contribution in [1.29, 1.82) is 0 Å². The standard InChI is InChI=1S/C57H95N17O23/c1-5-9-71-29-39(63-65-71)25-70(26-40-30-74(68-64-40)13-16-91-19-22-94-57-47(60-36(4)80)53(86)50(83)44(33-77)97-57)41(54(87)88)8-6-7-10-69(23-37-27-72(66-61-37)11-14-89-17-20-92-55-45(58-34(2)78)51(84)48(81)42(31-75)95-55)24-38-28-73(67-62-38)12-15-90-18-21-93-56-46(59-35(3)79)52(85)49(82)43(32-76)96-56/h27-30,41-53,55-57,75-77,81-86H,5-26,31-33H2,1-4H3,(H,58,78)(H,59,79)(H,60,80)(H,87,88)/t41-,42+,43+,44+,45+,46+,47+,48-,49-,50-,51+,52+,53+,55+,56+,57+/m0/s1. The summed E-state index contributed by atoms with van der Waals surface area (Å²) in [5.74, 6) is -2.51. The van der Waals surface area contributed by atoms with Gasteiger partial charge >= 0.3 is 5.97 Å².